The van der Waals surface area contributed by atoms with Crippen LogP contribution in [0.4, 0.5) is 0 Å². The molecule has 0 N–H and O–H groups in total. The fourth-order valence-corrected chi connectivity index (χ4v) is 0.807. The first kappa shape index (κ1) is 9.81. The van der Waals surface area contributed by atoms with Gasteiger partial charge in [-0.05, 0) is 24.8 Å². The molecule has 0 saturated heterocycles. The van der Waals surface area contributed by atoms with E-state index in [1.165, 1.54) is 0 Å². The van der Waals surface area contributed by atoms with Gasteiger partial charge in [-0.2, -0.15) is 0 Å². The summed E-state index contributed by atoms with van der Waals surface area (Å²) in [4.78, 5) is 2.62. The zero-order valence-corrected chi connectivity index (χ0v) is 8.25. The van der Waals surface area contributed by atoms with Crippen LogP contribution in [0.15, 0.2) is 22.8 Å². The quantitative estimate of drug-likeness (QED) is 0.468. The van der Waals surface area contributed by atoms with Crippen LogP contribution >= 0.6 is 27.5 Å². The first-order valence-electron chi connectivity index (χ1n) is 2.82. The Balaban J connectivity index is 4.36. The SMILES string of the molecule is C/C=C(C#CBr)\C=C(/C)Cl. The molecule has 0 radical (unpaired) electrons. The van der Waals surface area contributed by atoms with E-state index in [2.05, 4.69) is 26.7 Å². The molecule has 54 valence electrons. The van der Waals surface area contributed by atoms with Gasteiger partial charge >= 0.3 is 0 Å². The summed E-state index contributed by atoms with van der Waals surface area (Å²) in [6.45, 7) is 3.74. The van der Waals surface area contributed by atoms with E-state index in [0.717, 1.165) is 10.6 Å². The third-order valence-electron chi connectivity index (χ3n) is 0.857. The van der Waals surface area contributed by atoms with Crippen LogP contribution in [0.25, 0.3) is 0 Å². The molecular weight excluding hydrogens is 211 g/mol. The van der Waals surface area contributed by atoms with Crippen LogP contribution in [0.5, 0.6) is 0 Å². The van der Waals surface area contributed by atoms with Gasteiger partial charge in [-0.3, -0.25) is 0 Å². The van der Waals surface area contributed by atoms with E-state index in [0.29, 0.717) is 0 Å². The van der Waals surface area contributed by atoms with Gasteiger partial charge < -0.3 is 0 Å². The minimum absolute atomic E-state index is 0.739. The standard InChI is InChI=1S/C8H8BrCl/c1-3-8(4-5-9)6-7(2)10/h3,6H,1-2H3/b7-6+,8-3-. The van der Waals surface area contributed by atoms with Gasteiger partial charge in [-0.25, -0.2) is 0 Å². The number of allylic oxidation sites excluding steroid dienone is 4. The molecule has 10 heavy (non-hydrogen) atoms. The highest BCUT2D eigenvalue weighted by atomic mass is 79.9. The molecule has 0 spiro atoms. The molecule has 0 rings (SSSR count). The van der Waals surface area contributed by atoms with Gasteiger partial charge in [-0.1, -0.05) is 23.6 Å². The van der Waals surface area contributed by atoms with Gasteiger partial charge in [0.25, 0.3) is 0 Å². The Labute approximate surface area is 75.1 Å². The molecule has 0 bridgehead atoms. The number of hydrogen-bond donors (Lipinski definition) is 0. The zero-order valence-electron chi connectivity index (χ0n) is 5.91. The van der Waals surface area contributed by atoms with E-state index in [1.54, 1.807) is 0 Å². The zero-order chi connectivity index (χ0) is 7.98. The molecule has 0 saturated carbocycles. The Bertz CT molecular complexity index is 211. The average Bonchev–Trinajstić information content (AvgIpc) is 1.86. The van der Waals surface area contributed by atoms with Gasteiger partial charge in [0.05, 0.1) is 0 Å². The van der Waals surface area contributed by atoms with E-state index in [4.69, 9.17) is 11.6 Å². The second-order valence-corrected chi connectivity index (χ2v) is 2.69. The molecule has 0 aliphatic rings. The van der Waals surface area contributed by atoms with Crippen molar-refractivity contribution in [2.45, 2.75) is 13.8 Å². The van der Waals surface area contributed by atoms with Crippen LogP contribution in [0, 0.1) is 10.8 Å². The maximum absolute atomic E-state index is 5.62. The highest BCUT2D eigenvalue weighted by Crippen LogP contribution is 2.04. The molecule has 2 heteroatoms. The molecule has 0 aliphatic heterocycles. The average molecular weight is 220 g/mol. The molecule has 0 unspecified atom stereocenters. The molecule has 0 atom stereocenters. The summed E-state index contributed by atoms with van der Waals surface area (Å²) in [5, 5.41) is 0.739. The summed E-state index contributed by atoms with van der Waals surface area (Å²) < 4.78 is 0. The van der Waals surface area contributed by atoms with Crippen molar-refractivity contribution < 1.29 is 0 Å². The predicted octanol–water partition coefficient (Wildman–Crippen LogP) is 3.43. The largest absolute Gasteiger partial charge is 0.0894 e. The maximum Gasteiger partial charge on any atom is 0.0223 e. The van der Waals surface area contributed by atoms with Crippen molar-refractivity contribution >= 4 is 27.5 Å². The van der Waals surface area contributed by atoms with Gasteiger partial charge in [-0.15, -0.1) is 0 Å². The lowest BCUT2D eigenvalue weighted by Gasteiger charge is -1.86. The van der Waals surface area contributed by atoms with Gasteiger partial charge in [0, 0.05) is 26.5 Å². The summed E-state index contributed by atoms with van der Waals surface area (Å²) in [5.41, 5.74) is 0.921. The molecule has 0 aromatic rings. The molecule has 0 heterocycles. The van der Waals surface area contributed by atoms with E-state index < -0.39 is 0 Å². The van der Waals surface area contributed by atoms with E-state index >= 15 is 0 Å². The fraction of sp³-hybridized carbons (Fsp3) is 0.250. The minimum Gasteiger partial charge on any atom is -0.0894 e. The van der Waals surface area contributed by atoms with E-state index in [9.17, 15) is 0 Å². The molecule has 0 aliphatic carbocycles. The van der Waals surface area contributed by atoms with Crippen LogP contribution in [-0.2, 0) is 0 Å². The second kappa shape index (κ2) is 5.58. The first-order valence-corrected chi connectivity index (χ1v) is 3.99. The number of hydrogen-bond acceptors (Lipinski definition) is 0. The molecule has 0 fully saturated rings. The molecule has 0 aromatic heterocycles. The van der Waals surface area contributed by atoms with E-state index in [-0.39, 0.29) is 0 Å². The maximum atomic E-state index is 5.62. The van der Waals surface area contributed by atoms with Crippen molar-refractivity contribution in [3.8, 4) is 10.8 Å². The van der Waals surface area contributed by atoms with E-state index in [1.807, 2.05) is 26.0 Å². The molecule has 0 nitrogen and oxygen atoms in total. The van der Waals surface area contributed by atoms with Crippen molar-refractivity contribution in [3.05, 3.63) is 22.8 Å². The Morgan fingerprint density at radius 2 is 2.20 bits per heavy atom. The Kier molecular flexibility index (Phi) is 5.48. The molecule has 0 aromatic carbocycles. The normalized spacial score (nSPS) is 12.4. The number of rotatable bonds is 1. The van der Waals surface area contributed by atoms with Crippen molar-refractivity contribution in [1.82, 2.24) is 0 Å². The minimum atomic E-state index is 0.739. The number of halogens is 2. The lowest BCUT2D eigenvalue weighted by atomic mass is 10.2. The first-order chi connectivity index (χ1) is 4.70. The van der Waals surface area contributed by atoms with Gasteiger partial charge in [0.2, 0.25) is 0 Å². The summed E-state index contributed by atoms with van der Waals surface area (Å²) in [5.74, 6) is 2.83. The van der Waals surface area contributed by atoms with Gasteiger partial charge in [0.15, 0.2) is 0 Å². The third-order valence-corrected chi connectivity index (χ3v) is 1.16. The summed E-state index contributed by atoms with van der Waals surface area (Å²) >= 11 is 8.63. The third kappa shape index (κ3) is 4.67. The molecular formula is C8H8BrCl. The van der Waals surface area contributed by atoms with Crippen molar-refractivity contribution in [1.29, 1.82) is 0 Å². The van der Waals surface area contributed by atoms with Crippen molar-refractivity contribution in [2.24, 2.45) is 0 Å². The highest BCUT2D eigenvalue weighted by molar-refractivity contribution is 9.12. The second-order valence-electron chi connectivity index (χ2n) is 1.69. The van der Waals surface area contributed by atoms with Gasteiger partial charge in [0.1, 0.15) is 0 Å². The Morgan fingerprint density at radius 1 is 1.60 bits per heavy atom. The summed E-state index contributed by atoms with van der Waals surface area (Å²) in [6.07, 6.45) is 3.72. The van der Waals surface area contributed by atoms with Crippen molar-refractivity contribution in [3.63, 3.8) is 0 Å². The van der Waals surface area contributed by atoms with Crippen LogP contribution in [0.1, 0.15) is 13.8 Å². The Hall–Kier alpha value is -0.190. The van der Waals surface area contributed by atoms with Crippen LogP contribution in [0.2, 0.25) is 0 Å². The topological polar surface area (TPSA) is 0 Å². The van der Waals surface area contributed by atoms with Crippen LogP contribution < -0.4 is 0 Å². The highest BCUT2D eigenvalue weighted by Gasteiger charge is 1.84. The summed E-state index contributed by atoms with van der Waals surface area (Å²) in [6, 6.07) is 0. The Morgan fingerprint density at radius 3 is 2.50 bits per heavy atom. The van der Waals surface area contributed by atoms with Crippen LogP contribution in [0.3, 0.4) is 0 Å². The summed E-state index contributed by atoms with van der Waals surface area (Å²) in [7, 11) is 0. The monoisotopic (exact) mass is 218 g/mol. The molecule has 0 amide bonds. The lowest BCUT2D eigenvalue weighted by molar-refractivity contribution is 1.58. The predicted molar refractivity (Wildman–Crippen MR) is 50.1 cm³/mol. The van der Waals surface area contributed by atoms with Crippen molar-refractivity contribution in [2.75, 3.05) is 0 Å². The van der Waals surface area contributed by atoms with Crippen LogP contribution in [-0.4, -0.2) is 0 Å². The fourth-order valence-electron chi connectivity index (χ4n) is 0.460. The smallest absolute Gasteiger partial charge is 0.0223 e. The lowest BCUT2D eigenvalue weighted by Crippen LogP contribution is -1.70.